The number of benzene rings is 1. The Morgan fingerprint density at radius 2 is 2.11 bits per heavy atom. The van der Waals surface area contributed by atoms with Crippen LogP contribution in [0, 0.1) is 0 Å². The van der Waals surface area contributed by atoms with E-state index in [1.807, 2.05) is 0 Å². The number of hydrogen-bond donors (Lipinski definition) is 3. The highest BCUT2D eigenvalue weighted by Crippen LogP contribution is 2.26. The average molecular weight is 307 g/mol. The van der Waals surface area contributed by atoms with Crippen molar-refractivity contribution >= 4 is 21.6 Å². The lowest BCUT2D eigenvalue weighted by Crippen LogP contribution is -2.21. The van der Waals surface area contributed by atoms with Crippen LogP contribution in [0.4, 0.5) is 0 Å². The van der Waals surface area contributed by atoms with Crippen molar-refractivity contribution in [2.75, 3.05) is 6.54 Å². The highest BCUT2D eigenvalue weighted by molar-refractivity contribution is 7.89. The molecule has 0 radical (unpaired) electrons. The van der Waals surface area contributed by atoms with Crippen LogP contribution < -0.4 is 5.14 Å². The summed E-state index contributed by atoms with van der Waals surface area (Å²) < 4.78 is 22.3. The van der Waals surface area contributed by atoms with Crippen molar-refractivity contribution in [1.29, 1.82) is 0 Å². The molecule has 0 saturated carbocycles. The van der Waals surface area contributed by atoms with E-state index in [1.165, 1.54) is 12.1 Å². The van der Waals surface area contributed by atoms with E-state index in [0.717, 1.165) is 6.07 Å². The van der Waals surface area contributed by atoms with Crippen molar-refractivity contribution < 1.29 is 18.6 Å². The van der Waals surface area contributed by atoms with E-state index in [0.29, 0.717) is 0 Å². The van der Waals surface area contributed by atoms with Gasteiger partial charge in [-0.05, 0) is 23.2 Å². The smallest absolute Gasteiger partial charge is 0.239 e. The van der Waals surface area contributed by atoms with Gasteiger partial charge in [0.1, 0.15) is 11.0 Å². The lowest BCUT2D eigenvalue weighted by atomic mass is 10.0. The second-order valence-corrected chi connectivity index (χ2v) is 5.60. The molecule has 0 aromatic heterocycles. The SMILES string of the molecule is [N-]=[N+]=NCC(O)C(O)c1ccc(S(N)(=O)=O)c(Cl)c1. The molecule has 0 aliphatic rings. The highest BCUT2D eigenvalue weighted by atomic mass is 35.5. The van der Waals surface area contributed by atoms with Gasteiger partial charge in [0.05, 0.1) is 17.7 Å². The molecule has 4 N–H and O–H groups in total. The first-order chi connectivity index (χ1) is 8.77. The van der Waals surface area contributed by atoms with Gasteiger partial charge in [-0.3, -0.25) is 0 Å². The molecule has 104 valence electrons. The van der Waals surface area contributed by atoms with E-state index in [1.54, 1.807) is 0 Å². The maximum absolute atomic E-state index is 11.1. The van der Waals surface area contributed by atoms with Crippen molar-refractivity contribution in [1.82, 2.24) is 0 Å². The minimum atomic E-state index is -3.95. The van der Waals surface area contributed by atoms with Crippen LogP contribution in [0.1, 0.15) is 11.7 Å². The third-order valence-electron chi connectivity index (χ3n) is 2.30. The number of nitrogens with zero attached hydrogens (tertiary/aromatic N) is 3. The van der Waals surface area contributed by atoms with Gasteiger partial charge in [-0.1, -0.05) is 22.8 Å². The molecule has 10 heteroatoms. The number of hydrogen-bond acceptors (Lipinski definition) is 5. The van der Waals surface area contributed by atoms with Crippen molar-refractivity contribution in [2.45, 2.75) is 17.1 Å². The summed E-state index contributed by atoms with van der Waals surface area (Å²) in [6, 6.07) is 3.55. The zero-order valence-electron chi connectivity index (χ0n) is 9.51. The second kappa shape index (κ2) is 6.20. The van der Waals surface area contributed by atoms with Gasteiger partial charge in [0.2, 0.25) is 10.0 Å². The first-order valence-corrected chi connectivity index (χ1v) is 6.89. The topological polar surface area (TPSA) is 149 Å². The lowest BCUT2D eigenvalue weighted by molar-refractivity contribution is 0.0244. The second-order valence-electron chi connectivity index (χ2n) is 3.66. The van der Waals surface area contributed by atoms with Gasteiger partial charge >= 0.3 is 0 Å². The molecular weight excluding hydrogens is 296 g/mol. The number of nitrogens with two attached hydrogens (primary N) is 1. The van der Waals surface area contributed by atoms with E-state index >= 15 is 0 Å². The Morgan fingerprint density at radius 3 is 2.58 bits per heavy atom. The zero-order valence-corrected chi connectivity index (χ0v) is 11.1. The quantitative estimate of drug-likeness (QED) is 0.416. The van der Waals surface area contributed by atoms with Crippen molar-refractivity contribution in [3.05, 3.63) is 39.2 Å². The fourth-order valence-corrected chi connectivity index (χ4v) is 2.47. The van der Waals surface area contributed by atoms with Gasteiger partial charge in [-0.25, -0.2) is 13.6 Å². The highest BCUT2D eigenvalue weighted by Gasteiger charge is 2.20. The van der Waals surface area contributed by atoms with Crippen LogP contribution in [0.15, 0.2) is 28.2 Å². The lowest BCUT2D eigenvalue weighted by Gasteiger charge is -2.17. The number of aliphatic hydroxyl groups excluding tert-OH is 2. The Bertz CT molecular complexity index is 615. The zero-order chi connectivity index (χ0) is 14.6. The standard InChI is InChI=1S/C9H11ClN4O4S/c10-6-3-5(1-2-8(6)19(12,17)18)9(16)7(15)4-13-14-11/h1-3,7,9,15-16H,4H2,(H2,12,17,18). The first-order valence-electron chi connectivity index (χ1n) is 4.96. The maximum Gasteiger partial charge on any atom is 0.239 e. The third kappa shape index (κ3) is 4.06. The van der Waals surface area contributed by atoms with Gasteiger partial charge < -0.3 is 10.2 Å². The Hall–Kier alpha value is -1.35. The minimum Gasteiger partial charge on any atom is -0.390 e. The van der Waals surface area contributed by atoms with Gasteiger partial charge in [-0.15, -0.1) is 0 Å². The van der Waals surface area contributed by atoms with Crippen LogP contribution in [0.2, 0.25) is 5.02 Å². The molecule has 0 spiro atoms. The molecule has 0 amide bonds. The van der Waals surface area contributed by atoms with Crippen LogP contribution in [0.3, 0.4) is 0 Å². The van der Waals surface area contributed by atoms with Crippen molar-refractivity contribution in [2.24, 2.45) is 10.3 Å². The Kier molecular flexibility index (Phi) is 5.12. The third-order valence-corrected chi connectivity index (χ3v) is 3.69. The summed E-state index contributed by atoms with van der Waals surface area (Å²) >= 11 is 5.73. The summed E-state index contributed by atoms with van der Waals surface area (Å²) in [4.78, 5) is 2.16. The predicted molar refractivity (Wildman–Crippen MR) is 67.8 cm³/mol. The number of aliphatic hydroxyl groups is 2. The molecule has 0 heterocycles. The van der Waals surface area contributed by atoms with E-state index in [-0.39, 0.29) is 22.0 Å². The fraction of sp³-hybridized carbons (Fsp3) is 0.333. The minimum absolute atomic E-state index is 0.171. The molecule has 0 saturated heterocycles. The fourth-order valence-electron chi connectivity index (χ4n) is 1.37. The van der Waals surface area contributed by atoms with Crippen LogP contribution in [-0.2, 0) is 10.0 Å². The maximum atomic E-state index is 11.1. The summed E-state index contributed by atoms with van der Waals surface area (Å²) in [6.07, 6.45) is -2.69. The molecule has 0 bridgehead atoms. The molecule has 19 heavy (non-hydrogen) atoms. The number of azide groups is 1. The number of primary sulfonamides is 1. The molecule has 8 nitrogen and oxygen atoms in total. The summed E-state index contributed by atoms with van der Waals surface area (Å²) in [5.74, 6) is 0. The van der Waals surface area contributed by atoms with Crippen LogP contribution in [-0.4, -0.2) is 31.3 Å². The summed E-state index contributed by atoms with van der Waals surface area (Å²) in [5.41, 5.74) is 8.28. The number of halogens is 1. The molecule has 1 rings (SSSR count). The molecular formula is C9H11ClN4O4S. The van der Waals surface area contributed by atoms with E-state index in [4.69, 9.17) is 22.3 Å². The molecule has 2 unspecified atom stereocenters. The number of sulfonamides is 1. The molecule has 1 aromatic carbocycles. The van der Waals surface area contributed by atoms with Crippen LogP contribution in [0.5, 0.6) is 0 Å². The van der Waals surface area contributed by atoms with E-state index in [9.17, 15) is 18.6 Å². The van der Waals surface area contributed by atoms with Gasteiger partial charge in [-0.2, -0.15) is 0 Å². The largest absolute Gasteiger partial charge is 0.390 e. The Balaban J connectivity index is 3.04. The average Bonchev–Trinajstić information content (AvgIpc) is 2.33. The Labute approximate surface area is 114 Å². The molecule has 2 atom stereocenters. The Morgan fingerprint density at radius 1 is 1.47 bits per heavy atom. The van der Waals surface area contributed by atoms with Crippen LogP contribution >= 0.6 is 11.6 Å². The van der Waals surface area contributed by atoms with Gasteiger partial charge in [0, 0.05) is 4.91 Å². The van der Waals surface area contributed by atoms with Crippen LogP contribution in [0.25, 0.3) is 10.4 Å². The van der Waals surface area contributed by atoms with Crippen molar-refractivity contribution in [3.8, 4) is 0 Å². The molecule has 1 aromatic rings. The van der Waals surface area contributed by atoms with E-state index < -0.39 is 22.2 Å². The van der Waals surface area contributed by atoms with E-state index in [2.05, 4.69) is 10.0 Å². The molecule has 0 fully saturated rings. The first kappa shape index (κ1) is 15.7. The predicted octanol–water partition coefficient (Wildman–Crippen LogP) is 0.692. The van der Waals surface area contributed by atoms with Gasteiger partial charge in [0.15, 0.2) is 0 Å². The normalized spacial score (nSPS) is 14.5. The summed E-state index contributed by atoms with van der Waals surface area (Å²) in [5, 5.41) is 27.2. The summed E-state index contributed by atoms with van der Waals surface area (Å²) in [7, 11) is -3.95. The monoisotopic (exact) mass is 306 g/mol. The molecule has 0 aliphatic carbocycles. The molecule has 0 aliphatic heterocycles. The summed E-state index contributed by atoms with van der Waals surface area (Å²) in [6.45, 7) is -0.327. The van der Waals surface area contributed by atoms with Crippen molar-refractivity contribution in [3.63, 3.8) is 0 Å². The van der Waals surface area contributed by atoms with Gasteiger partial charge in [0.25, 0.3) is 0 Å². The number of rotatable bonds is 5.